The largest absolute Gasteiger partial charge is 0.508 e. The molecule has 0 aliphatic carbocycles. The number of hydrogen-bond acceptors (Lipinski definition) is 7. The molecule has 1 amide bonds. The highest BCUT2D eigenvalue weighted by Gasteiger charge is 2.17. The lowest BCUT2D eigenvalue weighted by molar-refractivity contribution is 0.0816. The van der Waals surface area contributed by atoms with Crippen molar-refractivity contribution in [2.24, 2.45) is 0 Å². The van der Waals surface area contributed by atoms with Crippen LogP contribution in [0.3, 0.4) is 0 Å². The third-order valence-corrected chi connectivity index (χ3v) is 3.82. The molecule has 9 heteroatoms. The van der Waals surface area contributed by atoms with Crippen LogP contribution in [0.1, 0.15) is 5.56 Å². The summed E-state index contributed by atoms with van der Waals surface area (Å²) in [6.45, 7) is 1.58. The van der Waals surface area contributed by atoms with E-state index in [4.69, 9.17) is 0 Å². The second-order valence-electron chi connectivity index (χ2n) is 4.25. The van der Waals surface area contributed by atoms with Gasteiger partial charge in [-0.3, -0.25) is 0 Å². The smallest absolute Gasteiger partial charge is 0.445 e. The Kier molecular flexibility index (Phi) is 7.07. The van der Waals surface area contributed by atoms with Crippen molar-refractivity contribution in [2.45, 2.75) is 11.8 Å². The van der Waals surface area contributed by atoms with Gasteiger partial charge in [-0.2, -0.15) is 0 Å². The van der Waals surface area contributed by atoms with Crippen molar-refractivity contribution in [1.82, 2.24) is 4.72 Å². The summed E-state index contributed by atoms with van der Waals surface area (Å²) in [4.78, 5) is 22.0. The molecular formula is C14H17NO7S. The number of methoxy groups -OCH3 is 1. The molecule has 1 aromatic carbocycles. The lowest BCUT2D eigenvalue weighted by atomic mass is 10.2. The molecule has 0 aromatic heterocycles. The van der Waals surface area contributed by atoms with Gasteiger partial charge in [0.2, 0.25) is 0 Å². The van der Waals surface area contributed by atoms with Crippen LogP contribution in [0.2, 0.25) is 0 Å². The summed E-state index contributed by atoms with van der Waals surface area (Å²) in [6, 6.07) is 6.00. The fourth-order valence-electron chi connectivity index (χ4n) is 1.35. The maximum atomic E-state index is 11.9. The van der Waals surface area contributed by atoms with E-state index in [-0.39, 0.29) is 18.1 Å². The normalized spacial score (nSPS) is 11.0. The van der Waals surface area contributed by atoms with Gasteiger partial charge in [-0.15, -0.1) is 0 Å². The highest BCUT2D eigenvalue weighted by Crippen LogP contribution is 2.09. The van der Waals surface area contributed by atoms with Crippen molar-refractivity contribution in [3.8, 4) is 0 Å². The van der Waals surface area contributed by atoms with E-state index in [9.17, 15) is 18.0 Å². The number of ether oxygens (including phenoxy) is 3. The maximum Gasteiger partial charge on any atom is 0.508 e. The molecule has 0 aliphatic heterocycles. The summed E-state index contributed by atoms with van der Waals surface area (Å²) < 4.78 is 39.0. The molecule has 0 saturated heterocycles. The molecule has 0 saturated carbocycles. The van der Waals surface area contributed by atoms with Gasteiger partial charge in [0.25, 0.3) is 10.0 Å². The first kappa shape index (κ1) is 18.5. The molecule has 0 spiro atoms. The average Bonchev–Trinajstić information content (AvgIpc) is 2.50. The SMILES string of the molecule is COC(=O)OC/C=C\COC(=O)NS(=O)(=O)c1ccc(C)cc1. The van der Waals surface area contributed by atoms with Crippen LogP contribution in [-0.2, 0) is 24.2 Å². The first-order chi connectivity index (χ1) is 10.8. The number of hydrogen-bond donors (Lipinski definition) is 1. The van der Waals surface area contributed by atoms with E-state index < -0.39 is 22.3 Å². The van der Waals surface area contributed by atoms with Gasteiger partial charge in [-0.25, -0.2) is 22.7 Å². The summed E-state index contributed by atoms with van der Waals surface area (Å²) in [7, 11) is -2.80. The predicted molar refractivity (Wildman–Crippen MR) is 80.3 cm³/mol. The molecule has 126 valence electrons. The van der Waals surface area contributed by atoms with Crippen molar-refractivity contribution in [1.29, 1.82) is 0 Å². The molecule has 8 nitrogen and oxygen atoms in total. The maximum absolute atomic E-state index is 11.9. The zero-order valence-electron chi connectivity index (χ0n) is 12.6. The Labute approximate surface area is 134 Å². The van der Waals surface area contributed by atoms with Crippen LogP contribution in [0.5, 0.6) is 0 Å². The summed E-state index contributed by atoms with van der Waals surface area (Å²) in [5.74, 6) is 0. The van der Waals surface area contributed by atoms with Crippen LogP contribution in [0, 0.1) is 6.92 Å². The summed E-state index contributed by atoms with van der Waals surface area (Å²) in [5.41, 5.74) is 0.894. The van der Waals surface area contributed by atoms with Gasteiger partial charge in [0.1, 0.15) is 13.2 Å². The Balaban J connectivity index is 2.40. The summed E-state index contributed by atoms with van der Waals surface area (Å²) in [5, 5.41) is 0. The third-order valence-electron chi connectivity index (χ3n) is 2.49. The molecule has 0 fully saturated rings. The van der Waals surface area contributed by atoms with E-state index >= 15 is 0 Å². The molecule has 0 unspecified atom stereocenters. The van der Waals surface area contributed by atoms with Crippen molar-refractivity contribution in [2.75, 3.05) is 20.3 Å². The van der Waals surface area contributed by atoms with Crippen LogP contribution in [-0.4, -0.2) is 41.0 Å². The minimum Gasteiger partial charge on any atom is -0.445 e. The molecule has 1 aromatic rings. The summed E-state index contributed by atoms with van der Waals surface area (Å²) in [6.07, 6.45) is 0.862. The second kappa shape index (κ2) is 8.79. The van der Waals surface area contributed by atoms with Gasteiger partial charge < -0.3 is 14.2 Å². The number of amides is 1. The van der Waals surface area contributed by atoms with Crippen molar-refractivity contribution in [3.05, 3.63) is 42.0 Å². The van der Waals surface area contributed by atoms with E-state index in [1.54, 1.807) is 16.9 Å². The van der Waals surface area contributed by atoms with Gasteiger partial charge in [0.15, 0.2) is 0 Å². The lowest BCUT2D eigenvalue weighted by Crippen LogP contribution is -2.31. The van der Waals surface area contributed by atoms with Crippen LogP contribution in [0.4, 0.5) is 9.59 Å². The van der Waals surface area contributed by atoms with Crippen LogP contribution in [0.25, 0.3) is 0 Å². The van der Waals surface area contributed by atoms with E-state index in [0.717, 1.165) is 5.56 Å². The minimum absolute atomic E-state index is 0.0397. The van der Waals surface area contributed by atoms with Gasteiger partial charge in [-0.1, -0.05) is 17.7 Å². The van der Waals surface area contributed by atoms with E-state index in [1.165, 1.54) is 31.4 Å². The quantitative estimate of drug-likeness (QED) is 0.619. The first-order valence-electron chi connectivity index (χ1n) is 6.47. The zero-order chi connectivity index (χ0) is 17.3. The Bertz CT molecular complexity index is 665. The van der Waals surface area contributed by atoms with Crippen LogP contribution < -0.4 is 4.72 Å². The molecular weight excluding hydrogens is 326 g/mol. The van der Waals surface area contributed by atoms with Crippen LogP contribution >= 0.6 is 0 Å². The molecule has 23 heavy (non-hydrogen) atoms. The number of benzene rings is 1. The number of aryl methyl sites for hydroxylation is 1. The predicted octanol–water partition coefficient (Wildman–Crippen LogP) is 1.75. The summed E-state index contributed by atoms with van der Waals surface area (Å²) >= 11 is 0. The Morgan fingerprint density at radius 1 is 1.09 bits per heavy atom. The van der Waals surface area contributed by atoms with Gasteiger partial charge in [0.05, 0.1) is 12.0 Å². The molecule has 1 rings (SSSR count). The number of carbonyl (C=O) groups excluding carboxylic acids is 2. The third kappa shape index (κ3) is 6.83. The van der Waals surface area contributed by atoms with Crippen LogP contribution in [0.15, 0.2) is 41.3 Å². The topological polar surface area (TPSA) is 108 Å². The fourth-order valence-corrected chi connectivity index (χ4v) is 2.24. The highest BCUT2D eigenvalue weighted by molar-refractivity contribution is 7.90. The second-order valence-corrected chi connectivity index (χ2v) is 5.94. The number of nitrogens with one attached hydrogen (secondary N) is 1. The standard InChI is InChI=1S/C14H17NO7S/c1-11-5-7-12(8-6-11)23(18,19)15-13(16)21-9-3-4-10-22-14(17)20-2/h3-8H,9-10H2,1-2H3,(H,15,16)/b4-3-. The zero-order valence-corrected chi connectivity index (χ0v) is 13.5. The Hall–Kier alpha value is -2.55. The highest BCUT2D eigenvalue weighted by atomic mass is 32.2. The molecule has 0 aliphatic rings. The number of carbonyl (C=O) groups is 2. The molecule has 0 bridgehead atoms. The lowest BCUT2D eigenvalue weighted by Gasteiger charge is -2.07. The van der Waals surface area contributed by atoms with Gasteiger partial charge >= 0.3 is 12.2 Å². The molecule has 0 radical (unpaired) electrons. The first-order valence-corrected chi connectivity index (χ1v) is 7.95. The molecule has 0 atom stereocenters. The minimum atomic E-state index is -3.97. The fraction of sp³-hybridized carbons (Fsp3) is 0.286. The van der Waals surface area contributed by atoms with Gasteiger partial charge in [0, 0.05) is 0 Å². The van der Waals surface area contributed by atoms with Crippen molar-refractivity contribution in [3.63, 3.8) is 0 Å². The Morgan fingerprint density at radius 2 is 1.65 bits per heavy atom. The number of sulfonamides is 1. The van der Waals surface area contributed by atoms with E-state index in [1.807, 2.05) is 6.92 Å². The van der Waals surface area contributed by atoms with Crippen molar-refractivity contribution < 1.29 is 32.2 Å². The van der Waals surface area contributed by atoms with E-state index in [0.29, 0.717) is 0 Å². The average molecular weight is 343 g/mol. The van der Waals surface area contributed by atoms with E-state index in [2.05, 4.69) is 14.2 Å². The van der Waals surface area contributed by atoms with Crippen molar-refractivity contribution >= 4 is 22.3 Å². The molecule has 1 N–H and O–H groups in total. The monoisotopic (exact) mass is 343 g/mol. The molecule has 0 heterocycles. The Morgan fingerprint density at radius 3 is 2.22 bits per heavy atom. The van der Waals surface area contributed by atoms with Gasteiger partial charge in [-0.05, 0) is 31.2 Å². The number of rotatable bonds is 6.